The first kappa shape index (κ1) is 69.4. The lowest BCUT2D eigenvalue weighted by Gasteiger charge is -2.41. The SMILES string of the molecule is CC[C@H](C)[C@@H]([C@@H](CC(=O)N1CCC[C@H]1[C@H](OC)[C@@H](C)C(=O)N[C@H](C)C(OC(=O)[C@@H](C)NC(=O)CCCC(=O)OCC(OC)OC(CO)CC(C)(C)C)c1ccccc1)OC)N(C)C(=O)C(NC(=O)[C@H](C(C)C)N(C)C)C(C)C. The second-order valence-electron chi connectivity index (χ2n) is 23.2. The van der Waals surface area contributed by atoms with Crippen molar-refractivity contribution in [2.75, 3.05) is 62.2 Å². The molecule has 5 amide bonds. The van der Waals surface area contributed by atoms with Crippen LogP contribution >= 0.6 is 0 Å². The van der Waals surface area contributed by atoms with Crippen LogP contribution in [0.4, 0.5) is 0 Å². The molecule has 1 aromatic carbocycles. The van der Waals surface area contributed by atoms with Gasteiger partial charge in [0, 0.05) is 47.8 Å². The molecule has 446 valence electrons. The van der Waals surface area contributed by atoms with Crippen LogP contribution in [0.1, 0.15) is 146 Å². The Morgan fingerprint density at radius 2 is 1.46 bits per heavy atom. The lowest BCUT2D eigenvalue weighted by molar-refractivity contribution is -0.198. The van der Waals surface area contributed by atoms with Gasteiger partial charge in [-0.15, -0.1) is 0 Å². The van der Waals surface area contributed by atoms with Crippen LogP contribution in [0, 0.1) is 29.1 Å². The van der Waals surface area contributed by atoms with Crippen molar-refractivity contribution in [1.29, 1.82) is 0 Å². The molecule has 0 bridgehead atoms. The van der Waals surface area contributed by atoms with E-state index in [-0.39, 0.29) is 79.8 Å². The van der Waals surface area contributed by atoms with Crippen LogP contribution in [0.15, 0.2) is 30.3 Å². The van der Waals surface area contributed by atoms with Crippen molar-refractivity contribution in [3.8, 4) is 0 Å². The number of nitrogens with zero attached hydrogens (tertiary/aromatic N) is 3. The molecule has 2 rings (SSSR count). The zero-order valence-corrected chi connectivity index (χ0v) is 50.4. The van der Waals surface area contributed by atoms with Crippen molar-refractivity contribution in [2.45, 2.75) is 201 Å². The number of benzene rings is 1. The highest BCUT2D eigenvalue weighted by Gasteiger charge is 2.44. The molecule has 1 aliphatic heterocycles. The Bertz CT molecular complexity index is 2010. The van der Waals surface area contributed by atoms with Crippen molar-refractivity contribution < 1.29 is 67.1 Å². The number of hydrogen-bond donors (Lipinski definition) is 4. The first-order chi connectivity index (χ1) is 36.6. The largest absolute Gasteiger partial charge is 0.460 e. The second-order valence-corrected chi connectivity index (χ2v) is 23.2. The minimum atomic E-state index is -1.08. The van der Waals surface area contributed by atoms with Gasteiger partial charge < -0.3 is 59.3 Å². The first-order valence-corrected chi connectivity index (χ1v) is 28.0. The van der Waals surface area contributed by atoms with Crippen molar-refractivity contribution in [3.63, 3.8) is 0 Å². The molecule has 0 spiro atoms. The Hall–Kier alpha value is -4.73. The van der Waals surface area contributed by atoms with Gasteiger partial charge in [-0.1, -0.05) is 106 Å². The van der Waals surface area contributed by atoms with Gasteiger partial charge in [0.25, 0.3) is 0 Å². The average Bonchev–Trinajstić information content (AvgIpc) is 3.86. The van der Waals surface area contributed by atoms with Gasteiger partial charge in [0.05, 0.1) is 61.4 Å². The molecule has 20 heteroatoms. The number of esters is 2. The van der Waals surface area contributed by atoms with E-state index in [4.69, 9.17) is 28.4 Å². The highest BCUT2D eigenvalue weighted by Crippen LogP contribution is 2.31. The molecule has 1 heterocycles. The van der Waals surface area contributed by atoms with E-state index in [0.29, 0.717) is 37.8 Å². The van der Waals surface area contributed by atoms with Crippen LogP contribution in [0.5, 0.6) is 0 Å². The molecule has 1 aliphatic rings. The van der Waals surface area contributed by atoms with Gasteiger partial charge in [0.15, 0.2) is 6.29 Å². The summed E-state index contributed by atoms with van der Waals surface area (Å²) in [5.74, 6) is -3.97. The molecule has 1 fully saturated rings. The summed E-state index contributed by atoms with van der Waals surface area (Å²) in [6.07, 6.45) is -1.32. The number of ether oxygens (including phenoxy) is 6. The third-order valence-corrected chi connectivity index (χ3v) is 14.7. The Labute approximate surface area is 466 Å². The van der Waals surface area contributed by atoms with Crippen molar-refractivity contribution >= 4 is 41.5 Å². The predicted molar refractivity (Wildman–Crippen MR) is 297 cm³/mol. The number of aliphatic hydroxyl groups excluding tert-OH is 1. The lowest BCUT2D eigenvalue weighted by Crippen LogP contribution is -2.59. The second kappa shape index (κ2) is 33.8. The number of carbonyl (C=O) groups excluding carboxylic acids is 7. The molecule has 0 radical (unpaired) electrons. The number of hydrogen-bond acceptors (Lipinski definition) is 15. The fourth-order valence-electron chi connectivity index (χ4n) is 10.4. The zero-order chi connectivity index (χ0) is 59.2. The van der Waals surface area contributed by atoms with Gasteiger partial charge in [-0.25, -0.2) is 4.79 Å². The van der Waals surface area contributed by atoms with Crippen molar-refractivity contribution in [2.24, 2.45) is 29.1 Å². The van der Waals surface area contributed by atoms with Crippen LogP contribution in [0.2, 0.25) is 0 Å². The number of methoxy groups -OCH3 is 3. The highest BCUT2D eigenvalue weighted by molar-refractivity contribution is 5.90. The average molecular weight is 1110 g/mol. The van der Waals surface area contributed by atoms with E-state index in [0.717, 1.165) is 0 Å². The summed E-state index contributed by atoms with van der Waals surface area (Å²) in [6, 6.07) is 4.84. The van der Waals surface area contributed by atoms with Crippen LogP contribution < -0.4 is 16.0 Å². The van der Waals surface area contributed by atoms with Crippen molar-refractivity contribution in [1.82, 2.24) is 30.7 Å². The summed E-state index contributed by atoms with van der Waals surface area (Å²) in [5.41, 5.74) is 0.496. The van der Waals surface area contributed by atoms with Gasteiger partial charge in [-0.05, 0) is 82.4 Å². The molecular weight excluding hydrogens is 1000 g/mol. The van der Waals surface area contributed by atoms with E-state index in [1.807, 2.05) is 87.4 Å². The fourth-order valence-corrected chi connectivity index (χ4v) is 10.4. The van der Waals surface area contributed by atoms with E-state index in [1.54, 1.807) is 55.0 Å². The summed E-state index contributed by atoms with van der Waals surface area (Å²) < 4.78 is 34.5. The third kappa shape index (κ3) is 21.7. The number of rotatable bonds is 34. The number of amides is 5. The molecule has 20 nitrogen and oxygen atoms in total. The summed E-state index contributed by atoms with van der Waals surface area (Å²) in [7, 11) is 9.84. The topological polar surface area (TPSA) is 241 Å². The van der Waals surface area contributed by atoms with E-state index >= 15 is 0 Å². The van der Waals surface area contributed by atoms with E-state index in [9.17, 15) is 38.7 Å². The molecule has 4 unspecified atom stereocenters. The maximum absolute atomic E-state index is 14.5. The van der Waals surface area contributed by atoms with Crippen LogP contribution in [-0.4, -0.2) is 184 Å². The molecule has 1 aromatic rings. The molecule has 78 heavy (non-hydrogen) atoms. The van der Waals surface area contributed by atoms with Gasteiger partial charge in [-0.2, -0.15) is 0 Å². The predicted octanol–water partition coefficient (Wildman–Crippen LogP) is 5.43. The van der Waals surface area contributed by atoms with Gasteiger partial charge in [-0.3, -0.25) is 33.7 Å². The number of likely N-dealkylation sites (tertiary alicyclic amines) is 1. The minimum Gasteiger partial charge on any atom is -0.460 e. The van der Waals surface area contributed by atoms with Crippen LogP contribution in [0.25, 0.3) is 0 Å². The highest BCUT2D eigenvalue weighted by atomic mass is 16.7. The Balaban J connectivity index is 2.15. The number of nitrogens with one attached hydrogen (secondary N) is 3. The molecule has 0 saturated carbocycles. The Kier molecular flexibility index (Phi) is 30.0. The normalized spacial score (nSPS) is 18.6. The zero-order valence-electron chi connectivity index (χ0n) is 50.4. The van der Waals surface area contributed by atoms with E-state index in [2.05, 4.69) is 16.0 Å². The summed E-state index contributed by atoms with van der Waals surface area (Å²) in [5, 5.41) is 18.4. The number of likely N-dealkylation sites (N-methyl/N-ethyl adjacent to an activating group) is 2. The first-order valence-electron chi connectivity index (χ1n) is 28.0. The monoisotopic (exact) mass is 1100 g/mol. The maximum Gasteiger partial charge on any atom is 0.329 e. The van der Waals surface area contributed by atoms with Gasteiger partial charge in [0.1, 0.15) is 24.8 Å². The Morgan fingerprint density at radius 3 is 1.99 bits per heavy atom. The van der Waals surface area contributed by atoms with Crippen LogP contribution in [-0.2, 0) is 62.0 Å². The van der Waals surface area contributed by atoms with Gasteiger partial charge in [0.2, 0.25) is 29.5 Å². The van der Waals surface area contributed by atoms with E-state index in [1.165, 1.54) is 28.3 Å². The molecule has 4 N–H and O–H groups in total. The number of carbonyl (C=O) groups is 7. The molecule has 0 aliphatic carbocycles. The minimum absolute atomic E-state index is 0.00865. The third-order valence-electron chi connectivity index (χ3n) is 14.7. The molecule has 0 aromatic heterocycles. The smallest absolute Gasteiger partial charge is 0.329 e. The molecular formula is C58H100N6O14. The number of aliphatic hydroxyl groups is 1. The van der Waals surface area contributed by atoms with Crippen molar-refractivity contribution in [3.05, 3.63) is 35.9 Å². The lowest BCUT2D eigenvalue weighted by atomic mass is 9.89. The Morgan fingerprint density at radius 1 is 0.821 bits per heavy atom. The maximum atomic E-state index is 14.5. The summed E-state index contributed by atoms with van der Waals surface area (Å²) in [4.78, 5) is 101. The van der Waals surface area contributed by atoms with E-state index < -0.39 is 96.6 Å². The summed E-state index contributed by atoms with van der Waals surface area (Å²) in [6.45, 7) is 22.8. The fraction of sp³-hybridized carbons (Fsp3) is 0.776. The molecule has 1 saturated heterocycles. The van der Waals surface area contributed by atoms with Crippen LogP contribution in [0.3, 0.4) is 0 Å². The van der Waals surface area contributed by atoms with Gasteiger partial charge >= 0.3 is 11.9 Å². The standard InChI is InChI=1S/C58H100N6O14/c1-19-37(6)51(63(15)56(71)49(35(2)3)61-55(70)50(36(4)5)62(13)14)44(73-16)31-46(67)64-30-24-27-43(64)52(75-18)38(7)54(69)60-39(8)53(41-25-21-20-22-26-41)78-57(72)40(9)59-45(66)28-23-29-47(68)76-34-48(74-17)77-42(33-65)32-58(10,11)12/h20-22,25-26,35-40,42-44,48-53,65H,19,23-24,27-34H2,1-18H3,(H,59,66)(H,60,69)(H,61,70)/t37-,38+,39+,40+,42?,43-,44+,48?,49?,50-,51-,52+,53?/m0/s1. The quantitative estimate of drug-likeness (QED) is 0.0497. The summed E-state index contributed by atoms with van der Waals surface area (Å²) >= 11 is 0. The molecule has 13 atom stereocenters.